The summed E-state index contributed by atoms with van der Waals surface area (Å²) in [6.07, 6.45) is 0. The molecule has 1 aromatic heterocycles. The van der Waals surface area contributed by atoms with Gasteiger partial charge < -0.3 is 10.1 Å². The van der Waals surface area contributed by atoms with Gasteiger partial charge in [-0.1, -0.05) is 23.7 Å². The van der Waals surface area contributed by atoms with Gasteiger partial charge in [-0.15, -0.1) is 0 Å². The topological polar surface area (TPSA) is 56.2 Å². The molecule has 0 saturated carbocycles. The SMILES string of the molecule is Cc1nn(C)c(C)c1NC(=O)c1ccc(COc2ccc(Cl)cc2)cc1. The molecule has 0 unspecified atom stereocenters. The van der Waals surface area contributed by atoms with Gasteiger partial charge in [0.05, 0.1) is 17.1 Å². The van der Waals surface area contributed by atoms with Crippen molar-refractivity contribution < 1.29 is 9.53 Å². The summed E-state index contributed by atoms with van der Waals surface area (Å²) in [5, 5.41) is 7.91. The van der Waals surface area contributed by atoms with Gasteiger partial charge in [0.2, 0.25) is 0 Å². The van der Waals surface area contributed by atoms with E-state index in [1.807, 2.05) is 45.2 Å². The van der Waals surface area contributed by atoms with Crippen LogP contribution < -0.4 is 10.1 Å². The third-order valence-corrected chi connectivity index (χ3v) is 4.43. The van der Waals surface area contributed by atoms with Gasteiger partial charge in [-0.2, -0.15) is 5.10 Å². The van der Waals surface area contributed by atoms with Crippen molar-refractivity contribution in [2.24, 2.45) is 7.05 Å². The minimum Gasteiger partial charge on any atom is -0.489 e. The van der Waals surface area contributed by atoms with Crippen molar-refractivity contribution in [2.45, 2.75) is 20.5 Å². The quantitative estimate of drug-likeness (QED) is 0.719. The molecule has 3 aromatic rings. The number of nitrogens with zero attached hydrogens (tertiary/aromatic N) is 2. The number of hydrogen-bond donors (Lipinski definition) is 1. The molecule has 0 aliphatic heterocycles. The highest BCUT2D eigenvalue weighted by Crippen LogP contribution is 2.20. The van der Waals surface area contributed by atoms with Gasteiger partial charge in [-0.25, -0.2) is 0 Å². The molecule has 0 atom stereocenters. The summed E-state index contributed by atoms with van der Waals surface area (Å²) in [6, 6.07) is 14.6. The van der Waals surface area contributed by atoms with E-state index in [9.17, 15) is 4.79 Å². The number of benzene rings is 2. The largest absolute Gasteiger partial charge is 0.489 e. The van der Waals surface area contributed by atoms with Crippen LogP contribution in [0.25, 0.3) is 0 Å². The Kier molecular flexibility index (Phi) is 5.28. The molecular weight excluding hydrogens is 350 g/mol. The zero-order valence-corrected chi connectivity index (χ0v) is 15.7. The zero-order chi connectivity index (χ0) is 18.7. The van der Waals surface area contributed by atoms with Crippen molar-refractivity contribution in [1.29, 1.82) is 0 Å². The molecule has 134 valence electrons. The minimum absolute atomic E-state index is 0.158. The van der Waals surface area contributed by atoms with Crippen LogP contribution in [-0.4, -0.2) is 15.7 Å². The smallest absolute Gasteiger partial charge is 0.255 e. The number of aryl methyl sites for hydroxylation is 2. The maximum Gasteiger partial charge on any atom is 0.255 e. The van der Waals surface area contributed by atoms with Crippen LogP contribution in [-0.2, 0) is 13.7 Å². The number of anilines is 1. The van der Waals surface area contributed by atoms with E-state index in [0.717, 1.165) is 28.4 Å². The van der Waals surface area contributed by atoms with Crippen molar-refractivity contribution in [1.82, 2.24) is 9.78 Å². The Labute approximate surface area is 157 Å². The molecule has 26 heavy (non-hydrogen) atoms. The van der Waals surface area contributed by atoms with Crippen molar-refractivity contribution in [3.63, 3.8) is 0 Å². The first kappa shape index (κ1) is 18.0. The van der Waals surface area contributed by atoms with E-state index in [1.54, 1.807) is 28.9 Å². The zero-order valence-electron chi connectivity index (χ0n) is 14.9. The molecule has 5 nitrogen and oxygen atoms in total. The summed E-state index contributed by atoms with van der Waals surface area (Å²) in [4.78, 5) is 12.5. The molecule has 0 saturated heterocycles. The highest BCUT2D eigenvalue weighted by Gasteiger charge is 2.13. The molecule has 3 rings (SSSR count). The fourth-order valence-corrected chi connectivity index (χ4v) is 2.72. The number of carbonyl (C=O) groups excluding carboxylic acids is 1. The second kappa shape index (κ2) is 7.62. The normalized spacial score (nSPS) is 10.6. The Morgan fingerprint density at radius 2 is 1.77 bits per heavy atom. The van der Waals surface area contributed by atoms with Gasteiger partial charge >= 0.3 is 0 Å². The fraction of sp³-hybridized carbons (Fsp3) is 0.200. The van der Waals surface area contributed by atoms with E-state index >= 15 is 0 Å². The van der Waals surface area contributed by atoms with Gasteiger partial charge in [-0.3, -0.25) is 9.48 Å². The maximum atomic E-state index is 12.5. The first-order valence-corrected chi connectivity index (χ1v) is 8.60. The summed E-state index contributed by atoms with van der Waals surface area (Å²) < 4.78 is 7.46. The van der Waals surface area contributed by atoms with Crippen LogP contribution >= 0.6 is 11.6 Å². The lowest BCUT2D eigenvalue weighted by Crippen LogP contribution is -2.13. The lowest BCUT2D eigenvalue weighted by Gasteiger charge is -2.08. The van der Waals surface area contributed by atoms with Gasteiger partial charge in [0.15, 0.2) is 0 Å². The van der Waals surface area contributed by atoms with E-state index in [4.69, 9.17) is 16.3 Å². The summed E-state index contributed by atoms with van der Waals surface area (Å²) >= 11 is 5.86. The Bertz CT molecular complexity index is 915. The molecule has 0 bridgehead atoms. The van der Waals surface area contributed by atoms with Crippen molar-refractivity contribution in [3.05, 3.63) is 76.1 Å². The number of aromatic nitrogens is 2. The van der Waals surface area contributed by atoms with Gasteiger partial charge in [0.25, 0.3) is 5.91 Å². The summed E-state index contributed by atoms with van der Waals surface area (Å²) in [6.45, 7) is 4.22. The minimum atomic E-state index is -0.158. The van der Waals surface area contributed by atoms with Crippen molar-refractivity contribution in [3.8, 4) is 5.75 Å². The maximum absolute atomic E-state index is 12.5. The molecular formula is C20H20ClN3O2. The lowest BCUT2D eigenvalue weighted by molar-refractivity contribution is 0.102. The third kappa shape index (κ3) is 4.06. The van der Waals surface area contributed by atoms with Crippen LogP contribution in [0.5, 0.6) is 5.75 Å². The number of hydrogen-bond acceptors (Lipinski definition) is 3. The molecule has 1 amide bonds. The first-order valence-electron chi connectivity index (χ1n) is 8.23. The second-order valence-corrected chi connectivity index (χ2v) is 6.50. The Morgan fingerprint density at radius 3 is 2.35 bits per heavy atom. The summed E-state index contributed by atoms with van der Waals surface area (Å²) in [5.74, 6) is 0.591. The molecule has 1 N–H and O–H groups in total. The Morgan fingerprint density at radius 1 is 1.12 bits per heavy atom. The highest BCUT2D eigenvalue weighted by molar-refractivity contribution is 6.30. The summed E-state index contributed by atoms with van der Waals surface area (Å²) in [7, 11) is 1.85. The summed E-state index contributed by atoms with van der Waals surface area (Å²) in [5.41, 5.74) is 4.04. The molecule has 2 aromatic carbocycles. The van der Waals surface area contributed by atoms with Crippen molar-refractivity contribution >= 4 is 23.2 Å². The number of carbonyl (C=O) groups is 1. The third-order valence-electron chi connectivity index (χ3n) is 4.18. The standard InChI is InChI=1S/C20H20ClN3O2/c1-13-19(14(2)24(3)23-13)22-20(25)16-6-4-15(5-7-16)12-26-18-10-8-17(21)9-11-18/h4-11H,12H2,1-3H3,(H,22,25). The molecule has 1 heterocycles. The molecule has 0 aliphatic rings. The molecule has 6 heteroatoms. The Hall–Kier alpha value is -2.79. The lowest BCUT2D eigenvalue weighted by atomic mass is 10.1. The average molecular weight is 370 g/mol. The number of rotatable bonds is 5. The molecule has 0 aliphatic carbocycles. The average Bonchev–Trinajstić information content (AvgIpc) is 2.88. The van der Waals surface area contributed by atoms with E-state index in [-0.39, 0.29) is 5.91 Å². The number of halogens is 1. The number of ether oxygens (including phenoxy) is 1. The van der Waals surface area contributed by atoms with E-state index in [0.29, 0.717) is 17.2 Å². The van der Waals surface area contributed by atoms with E-state index < -0.39 is 0 Å². The van der Waals surface area contributed by atoms with Crippen LogP contribution in [0.3, 0.4) is 0 Å². The first-order chi connectivity index (χ1) is 12.4. The number of nitrogens with one attached hydrogen (secondary N) is 1. The van der Waals surface area contributed by atoms with Gasteiger partial charge in [-0.05, 0) is 55.8 Å². The van der Waals surface area contributed by atoms with E-state index in [1.165, 1.54) is 0 Å². The second-order valence-electron chi connectivity index (χ2n) is 6.06. The molecule has 0 fully saturated rings. The highest BCUT2D eigenvalue weighted by atomic mass is 35.5. The van der Waals surface area contributed by atoms with Crippen LogP contribution in [0.1, 0.15) is 27.3 Å². The monoisotopic (exact) mass is 369 g/mol. The van der Waals surface area contributed by atoms with Crippen LogP contribution in [0.15, 0.2) is 48.5 Å². The fourth-order valence-electron chi connectivity index (χ4n) is 2.59. The molecule has 0 spiro atoms. The number of amides is 1. The predicted octanol–water partition coefficient (Wildman–Crippen LogP) is 4.52. The Balaban J connectivity index is 1.63. The van der Waals surface area contributed by atoms with Gasteiger partial charge in [0, 0.05) is 17.6 Å². The van der Waals surface area contributed by atoms with Gasteiger partial charge in [0.1, 0.15) is 12.4 Å². The molecule has 0 radical (unpaired) electrons. The van der Waals surface area contributed by atoms with Crippen LogP contribution in [0.2, 0.25) is 5.02 Å². The van der Waals surface area contributed by atoms with Crippen LogP contribution in [0, 0.1) is 13.8 Å². The van der Waals surface area contributed by atoms with Crippen LogP contribution in [0.4, 0.5) is 5.69 Å². The van der Waals surface area contributed by atoms with Crippen molar-refractivity contribution in [2.75, 3.05) is 5.32 Å². The predicted molar refractivity (Wildman–Crippen MR) is 103 cm³/mol. The van der Waals surface area contributed by atoms with E-state index in [2.05, 4.69) is 10.4 Å².